The molecule has 1 heterocycles. The van der Waals surface area contributed by atoms with Crippen molar-refractivity contribution in [1.29, 1.82) is 5.26 Å². The number of carboxylic acid groups (broad SMARTS) is 1. The van der Waals surface area contributed by atoms with Crippen LogP contribution in [0, 0.1) is 11.3 Å². The molecule has 7 heteroatoms. The summed E-state index contributed by atoms with van der Waals surface area (Å²) in [5, 5.41) is 18.1. The molecule has 0 atom stereocenters. The summed E-state index contributed by atoms with van der Waals surface area (Å²) in [5.74, 6) is 0.565. The number of fused-ring (bicyclic) bond motifs is 1. The minimum absolute atomic E-state index is 0.374. The van der Waals surface area contributed by atoms with Crippen LogP contribution in [-0.2, 0) is 4.79 Å². The predicted octanol–water partition coefficient (Wildman–Crippen LogP) is 3.10. The van der Waals surface area contributed by atoms with Gasteiger partial charge in [-0.05, 0) is 35.9 Å². The SMILES string of the molecule is COc1ccc2nc(/C(C#N)=C\c3ccc(OCC(=O)O)cc3)[nH]c2c1. The van der Waals surface area contributed by atoms with E-state index >= 15 is 0 Å². The van der Waals surface area contributed by atoms with E-state index in [0.29, 0.717) is 22.9 Å². The normalized spacial score (nSPS) is 11.2. The molecule has 0 saturated heterocycles. The molecule has 0 saturated carbocycles. The van der Waals surface area contributed by atoms with E-state index in [1.54, 1.807) is 43.5 Å². The molecule has 0 fully saturated rings. The average Bonchev–Trinajstić information content (AvgIpc) is 3.08. The molecule has 1 aromatic heterocycles. The summed E-state index contributed by atoms with van der Waals surface area (Å²) in [6, 6.07) is 14.3. The number of H-pyrrole nitrogens is 1. The molecule has 0 spiro atoms. The van der Waals surface area contributed by atoms with Crippen molar-refractivity contribution in [2.75, 3.05) is 13.7 Å². The number of carbonyl (C=O) groups is 1. The third kappa shape index (κ3) is 3.82. The van der Waals surface area contributed by atoms with Gasteiger partial charge in [0.1, 0.15) is 23.4 Å². The number of aromatic amines is 1. The first-order valence-corrected chi connectivity index (χ1v) is 7.69. The van der Waals surface area contributed by atoms with Crippen molar-refractivity contribution in [3.8, 4) is 17.6 Å². The van der Waals surface area contributed by atoms with Crippen molar-refractivity contribution < 1.29 is 19.4 Å². The van der Waals surface area contributed by atoms with E-state index in [9.17, 15) is 10.1 Å². The fourth-order valence-electron chi connectivity index (χ4n) is 2.37. The molecular weight excluding hydrogens is 334 g/mol. The van der Waals surface area contributed by atoms with E-state index < -0.39 is 12.6 Å². The Morgan fingerprint density at radius 1 is 1.27 bits per heavy atom. The van der Waals surface area contributed by atoms with Gasteiger partial charge >= 0.3 is 5.97 Å². The maximum atomic E-state index is 10.5. The van der Waals surface area contributed by atoms with Gasteiger partial charge in [-0.1, -0.05) is 12.1 Å². The van der Waals surface area contributed by atoms with Crippen LogP contribution >= 0.6 is 0 Å². The van der Waals surface area contributed by atoms with Crippen LogP contribution in [0.3, 0.4) is 0 Å². The monoisotopic (exact) mass is 349 g/mol. The van der Waals surface area contributed by atoms with Crippen LogP contribution in [-0.4, -0.2) is 34.8 Å². The average molecular weight is 349 g/mol. The highest BCUT2D eigenvalue weighted by Gasteiger charge is 2.09. The molecule has 0 aliphatic heterocycles. The quantitative estimate of drug-likeness (QED) is 0.662. The van der Waals surface area contributed by atoms with Crippen molar-refractivity contribution in [1.82, 2.24) is 9.97 Å². The van der Waals surface area contributed by atoms with Crippen molar-refractivity contribution in [2.24, 2.45) is 0 Å². The summed E-state index contributed by atoms with van der Waals surface area (Å²) in [7, 11) is 1.59. The Morgan fingerprint density at radius 2 is 2.00 bits per heavy atom. The highest BCUT2D eigenvalue weighted by atomic mass is 16.5. The lowest BCUT2D eigenvalue weighted by molar-refractivity contribution is -0.139. The third-order valence-electron chi connectivity index (χ3n) is 3.62. The lowest BCUT2D eigenvalue weighted by Gasteiger charge is -2.03. The Morgan fingerprint density at radius 3 is 2.65 bits per heavy atom. The minimum Gasteiger partial charge on any atom is -0.497 e. The van der Waals surface area contributed by atoms with Crippen molar-refractivity contribution in [3.05, 3.63) is 53.9 Å². The van der Waals surface area contributed by atoms with Gasteiger partial charge in [0.15, 0.2) is 6.61 Å². The molecule has 0 bridgehead atoms. The standard InChI is InChI=1S/C19H15N3O4/c1-25-15-6-7-16-17(9-15)22-19(21-16)13(10-20)8-12-2-4-14(5-3-12)26-11-18(23)24/h2-9H,11H2,1H3,(H,21,22)(H,23,24)/b13-8-. The zero-order valence-corrected chi connectivity index (χ0v) is 13.9. The van der Waals surface area contributed by atoms with Crippen LogP contribution in [0.5, 0.6) is 11.5 Å². The summed E-state index contributed by atoms with van der Waals surface area (Å²) < 4.78 is 10.3. The van der Waals surface area contributed by atoms with Crippen molar-refractivity contribution in [3.63, 3.8) is 0 Å². The number of nitrogens with one attached hydrogen (secondary N) is 1. The van der Waals surface area contributed by atoms with E-state index in [-0.39, 0.29) is 0 Å². The Balaban J connectivity index is 1.86. The zero-order valence-electron chi connectivity index (χ0n) is 13.9. The molecule has 0 amide bonds. The number of nitriles is 1. The number of nitrogens with zero attached hydrogens (tertiary/aromatic N) is 2. The van der Waals surface area contributed by atoms with Gasteiger partial charge in [-0.15, -0.1) is 0 Å². The second-order valence-electron chi connectivity index (χ2n) is 5.39. The summed E-state index contributed by atoms with van der Waals surface area (Å²) in [6.07, 6.45) is 1.69. The number of aliphatic carboxylic acids is 1. The number of hydrogen-bond acceptors (Lipinski definition) is 5. The number of allylic oxidation sites excluding steroid dienone is 1. The van der Waals surface area contributed by atoms with Crippen LogP contribution in [0.4, 0.5) is 0 Å². The Kier molecular flexibility index (Phi) is 4.85. The zero-order chi connectivity index (χ0) is 18.5. The van der Waals surface area contributed by atoms with Crippen LogP contribution in [0.2, 0.25) is 0 Å². The van der Waals surface area contributed by atoms with Crippen LogP contribution in [0.15, 0.2) is 42.5 Å². The molecular formula is C19H15N3O4. The van der Waals surface area contributed by atoms with Gasteiger partial charge in [0.2, 0.25) is 0 Å². The number of aromatic nitrogens is 2. The Hall–Kier alpha value is -3.79. The van der Waals surface area contributed by atoms with Crippen LogP contribution in [0.25, 0.3) is 22.7 Å². The fraction of sp³-hybridized carbons (Fsp3) is 0.105. The molecule has 7 nitrogen and oxygen atoms in total. The highest BCUT2D eigenvalue weighted by molar-refractivity contribution is 5.90. The first kappa shape index (κ1) is 17.0. The Bertz CT molecular complexity index is 1010. The molecule has 3 aromatic rings. The minimum atomic E-state index is -1.04. The summed E-state index contributed by atoms with van der Waals surface area (Å²) >= 11 is 0. The number of carboxylic acids is 1. The smallest absolute Gasteiger partial charge is 0.341 e. The van der Waals surface area contributed by atoms with E-state index in [2.05, 4.69) is 16.0 Å². The molecule has 0 radical (unpaired) electrons. The molecule has 0 unspecified atom stereocenters. The summed E-state index contributed by atoms with van der Waals surface area (Å²) in [4.78, 5) is 18.1. The lowest BCUT2D eigenvalue weighted by Crippen LogP contribution is -2.09. The predicted molar refractivity (Wildman–Crippen MR) is 95.7 cm³/mol. The maximum absolute atomic E-state index is 10.5. The second-order valence-corrected chi connectivity index (χ2v) is 5.39. The molecule has 2 N–H and O–H groups in total. The topological polar surface area (TPSA) is 108 Å². The van der Waals surface area contributed by atoms with Gasteiger partial charge in [-0.2, -0.15) is 5.26 Å². The van der Waals surface area contributed by atoms with Crippen LogP contribution < -0.4 is 9.47 Å². The highest BCUT2D eigenvalue weighted by Crippen LogP contribution is 2.23. The molecule has 0 aliphatic rings. The second kappa shape index (κ2) is 7.40. The number of ether oxygens (including phenoxy) is 2. The van der Waals surface area contributed by atoms with Crippen molar-refractivity contribution in [2.45, 2.75) is 0 Å². The van der Waals surface area contributed by atoms with Crippen LogP contribution in [0.1, 0.15) is 11.4 Å². The summed E-state index contributed by atoms with van der Waals surface area (Å²) in [5.41, 5.74) is 2.65. The number of rotatable bonds is 6. The van der Waals surface area contributed by atoms with Gasteiger partial charge in [0.05, 0.1) is 23.7 Å². The Labute approximate surface area is 149 Å². The maximum Gasteiger partial charge on any atom is 0.341 e. The number of imidazole rings is 1. The third-order valence-corrected chi connectivity index (χ3v) is 3.62. The molecule has 3 rings (SSSR count). The van der Waals surface area contributed by atoms with Gasteiger partial charge < -0.3 is 19.6 Å². The largest absolute Gasteiger partial charge is 0.497 e. The van der Waals surface area contributed by atoms with E-state index in [1.807, 2.05) is 12.1 Å². The molecule has 26 heavy (non-hydrogen) atoms. The fourth-order valence-corrected chi connectivity index (χ4v) is 2.37. The molecule has 130 valence electrons. The van der Waals surface area contributed by atoms with E-state index in [1.165, 1.54) is 0 Å². The lowest BCUT2D eigenvalue weighted by atomic mass is 10.1. The van der Waals surface area contributed by atoms with Crippen molar-refractivity contribution >= 4 is 28.7 Å². The first-order chi connectivity index (χ1) is 12.6. The van der Waals surface area contributed by atoms with Gasteiger partial charge in [-0.3, -0.25) is 0 Å². The van der Waals surface area contributed by atoms with E-state index in [0.717, 1.165) is 16.6 Å². The molecule has 2 aromatic carbocycles. The molecule has 0 aliphatic carbocycles. The first-order valence-electron chi connectivity index (χ1n) is 7.69. The summed E-state index contributed by atoms with van der Waals surface area (Å²) in [6.45, 7) is -0.402. The number of methoxy groups -OCH3 is 1. The van der Waals surface area contributed by atoms with Gasteiger partial charge in [0, 0.05) is 6.07 Å². The number of benzene rings is 2. The van der Waals surface area contributed by atoms with Gasteiger partial charge in [0.25, 0.3) is 0 Å². The number of hydrogen-bond donors (Lipinski definition) is 2. The van der Waals surface area contributed by atoms with E-state index in [4.69, 9.17) is 14.6 Å². The van der Waals surface area contributed by atoms with Gasteiger partial charge in [-0.25, -0.2) is 9.78 Å².